The lowest BCUT2D eigenvalue weighted by Crippen LogP contribution is -1.95. The Kier molecular flexibility index (Phi) is 1.90. The maximum atomic E-state index is 5.49. The van der Waals surface area contributed by atoms with Gasteiger partial charge in [-0.15, -0.1) is 0 Å². The van der Waals surface area contributed by atoms with Gasteiger partial charge in [-0.25, -0.2) is 4.98 Å². The van der Waals surface area contributed by atoms with Gasteiger partial charge in [-0.05, 0) is 12.1 Å². The molecule has 2 N–H and O–H groups in total. The number of hydrogen-bond acceptors (Lipinski definition) is 3. The molecule has 0 aliphatic carbocycles. The van der Waals surface area contributed by atoms with Crippen LogP contribution in [-0.2, 0) is 6.54 Å². The number of methoxy groups -OCH3 is 1. The van der Waals surface area contributed by atoms with Crippen LogP contribution in [-0.4, -0.2) is 16.5 Å². The largest absolute Gasteiger partial charge is 0.482 e. The monoisotopic (exact) mass is 177 g/mol. The maximum absolute atomic E-state index is 5.49. The molecule has 0 aliphatic rings. The van der Waals surface area contributed by atoms with Gasteiger partial charge in [-0.3, -0.25) is 4.40 Å². The van der Waals surface area contributed by atoms with Gasteiger partial charge >= 0.3 is 0 Å². The number of nitrogens with zero attached hydrogens (tertiary/aromatic N) is 2. The Balaban J connectivity index is 2.67. The van der Waals surface area contributed by atoms with Crippen molar-refractivity contribution in [2.45, 2.75) is 6.54 Å². The summed E-state index contributed by atoms with van der Waals surface area (Å²) in [6.07, 6.45) is 1.88. The summed E-state index contributed by atoms with van der Waals surface area (Å²) >= 11 is 0. The summed E-state index contributed by atoms with van der Waals surface area (Å²) < 4.78 is 7.04. The van der Waals surface area contributed by atoms with E-state index >= 15 is 0 Å². The first-order valence-electron chi connectivity index (χ1n) is 4.06. The van der Waals surface area contributed by atoms with Crippen LogP contribution in [0.1, 0.15) is 5.69 Å². The normalized spacial score (nSPS) is 10.6. The number of pyridine rings is 1. The summed E-state index contributed by atoms with van der Waals surface area (Å²) in [7, 11) is 1.64. The molecule has 4 nitrogen and oxygen atoms in total. The number of hydrogen-bond donors (Lipinski definition) is 1. The Morgan fingerprint density at radius 2 is 2.38 bits per heavy atom. The van der Waals surface area contributed by atoms with Crippen LogP contribution >= 0.6 is 0 Å². The van der Waals surface area contributed by atoms with Crippen LogP contribution in [0.2, 0.25) is 0 Å². The third-order valence-electron chi connectivity index (χ3n) is 1.92. The lowest BCUT2D eigenvalue weighted by molar-refractivity contribution is 0.392. The fraction of sp³-hybridized carbons (Fsp3) is 0.222. The fourth-order valence-electron chi connectivity index (χ4n) is 1.30. The van der Waals surface area contributed by atoms with Crippen LogP contribution < -0.4 is 10.5 Å². The highest BCUT2D eigenvalue weighted by molar-refractivity contribution is 5.43. The smallest absolute Gasteiger partial charge is 0.198 e. The second-order valence-corrected chi connectivity index (χ2v) is 2.73. The first kappa shape index (κ1) is 8.07. The first-order chi connectivity index (χ1) is 6.35. The second kappa shape index (κ2) is 3.06. The summed E-state index contributed by atoms with van der Waals surface area (Å²) in [6, 6.07) is 5.71. The summed E-state index contributed by atoms with van der Waals surface area (Å²) in [5, 5.41) is 0. The number of ether oxygens (including phenoxy) is 1. The van der Waals surface area contributed by atoms with Crippen LogP contribution in [0.15, 0.2) is 24.4 Å². The highest BCUT2D eigenvalue weighted by Crippen LogP contribution is 2.14. The van der Waals surface area contributed by atoms with Crippen molar-refractivity contribution in [2.75, 3.05) is 7.11 Å². The molecule has 2 heterocycles. The van der Waals surface area contributed by atoms with Crippen molar-refractivity contribution < 1.29 is 4.74 Å². The third-order valence-corrected chi connectivity index (χ3v) is 1.92. The molecule has 2 aromatic heterocycles. The molecule has 0 aromatic carbocycles. The Hall–Kier alpha value is -1.55. The SMILES string of the molecule is COc1cccc2nc(CN)cn12. The molecule has 0 radical (unpaired) electrons. The zero-order chi connectivity index (χ0) is 9.26. The minimum absolute atomic E-state index is 0.449. The molecule has 0 bridgehead atoms. The molecule has 68 valence electrons. The Morgan fingerprint density at radius 1 is 1.54 bits per heavy atom. The number of fused-ring (bicyclic) bond motifs is 1. The lowest BCUT2D eigenvalue weighted by Gasteiger charge is -2.01. The van der Waals surface area contributed by atoms with Crippen molar-refractivity contribution in [3.8, 4) is 5.88 Å². The Bertz CT molecular complexity index is 422. The summed E-state index contributed by atoms with van der Waals surface area (Å²) in [4.78, 5) is 4.30. The van der Waals surface area contributed by atoms with Crippen LogP contribution in [0.3, 0.4) is 0 Å². The molecule has 2 rings (SSSR count). The van der Waals surface area contributed by atoms with Crippen LogP contribution in [0, 0.1) is 0 Å². The van der Waals surface area contributed by atoms with Crippen molar-refractivity contribution >= 4 is 5.65 Å². The number of imidazole rings is 1. The predicted octanol–water partition coefficient (Wildman–Crippen LogP) is 0.802. The van der Waals surface area contributed by atoms with E-state index in [1.807, 2.05) is 28.8 Å². The van der Waals surface area contributed by atoms with Crippen LogP contribution in [0.25, 0.3) is 5.65 Å². The van der Waals surface area contributed by atoms with Crippen LogP contribution in [0.4, 0.5) is 0 Å². The van der Waals surface area contributed by atoms with Crippen molar-refractivity contribution in [1.82, 2.24) is 9.38 Å². The van der Waals surface area contributed by atoms with Crippen molar-refractivity contribution in [3.05, 3.63) is 30.1 Å². The molecule has 2 aromatic rings. The van der Waals surface area contributed by atoms with Gasteiger partial charge in [0, 0.05) is 12.7 Å². The highest BCUT2D eigenvalue weighted by atomic mass is 16.5. The van der Waals surface area contributed by atoms with Crippen molar-refractivity contribution in [2.24, 2.45) is 5.73 Å². The van der Waals surface area contributed by atoms with Gasteiger partial charge in [0.15, 0.2) is 5.88 Å². The quantitative estimate of drug-likeness (QED) is 0.738. The van der Waals surface area contributed by atoms with Gasteiger partial charge in [0.2, 0.25) is 0 Å². The third kappa shape index (κ3) is 1.25. The minimum Gasteiger partial charge on any atom is -0.482 e. The zero-order valence-corrected chi connectivity index (χ0v) is 7.40. The molecule has 0 amide bonds. The average molecular weight is 177 g/mol. The molecule has 0 saturated carbocycles. The molecule has 0 aliphatic heterocycles. The summed E-state index contributed by atoms with van der Waals surface area (Å²) in [6.45, 7) is 0.449. The molecule has 0 unspecified atom stereocenters. The van der Waals surface area contributed by atoms with Gasteiger partial charge in [0.05, 0.1) is 12.8 Å². The van der Waals surface area contributed by atoms with Gasteiger partial charge in [0.1, 0.15) is 5.65 Å². The van der Waals surface area contributed by atoms with E-state index in [0.29, 0.717) is 6.54 Å². The van der Waals surface area contributed by atoms with E-state index in [4.69, 9.17) is 10.5 Å². The molecule has 4 heteroatoms. The minimum atomic E-state index is 0.449. The van der Waals surface area contributed by atoms with Gasteiger partial charge in [-0.1, -0.05) is 6.07 Å². The topological polar surface area (TPSA) is 52.5 Å². The standard InChI is InChI=1S/C9H11N3O/c1-13-9-4-2-3-8-11-7(5-10)6-12(8)9/h2-4,6H,5,10H2,1H3. The van der Waals surface area contributed by atoms with E-state index < -0.39 is 0 Å². The Labute approximate surface area is 76.0 Å². The highest BCUT2D eigenvalue weighted by Gasteiger charge is 2.02. The molecule has 0 atom stereocenters. The van der Waals surface area contributed by atoms with E-state index in [1.165, 1.54) is 0 Å². The second-order valence-electron chi connectivity index (χ2n) is 2.73. The van der Waals surface area contributed by atoms with Gasteiger partial charge in [0.25, 0.3) is 0 Å². The molecule has 0 fully saturated rings. The van der Waals surface area contributed by atoms with Gasteiger partial charge < -0.3 is 10.5 Å². The van der Waals surface area contributed by atoms with E-state index in [-0.39, 0.29) is 0 Å². The molecule has 13 heavy (non-hydrogen) atoms. The van der Waals surface area contributed by atoms with E-state index in [2.05, 4.69) is 4.98 Å². The number of aromatic nitrogens is 2. The summed E-state index contributed by atoms with van der Waals surface area (Å²) in [5.74, 6) is 0.768. The van der Waals surface area contributed by atoms with Crippen molar-refractivity contribution in [1.29, 1.82) is 0 Å². The molecule has 0 saturated heterocycles. The maximum Gasteiger partial charge on any atom is 0.198 e. The average Bonchev–Trinajstić information content (AvgIpc) is 2.59. The molecular weight excluding hydrogens is 166 g/mol. The first-order valence-corrected chi connectivity index (χ1v) is 4.06. The van der Waals surface area contributed by atoms with Crippen LogP contribution in [0.5, 0.6) is 5.88 Å². The zero-order valence-electron chi connectivity index (χ0n) is 7.40. The van der Waals surface area contributed by atoms with E-state index in [9.17, 15) is 0 Å². The summed E-state index contributed by atoms with van der Waals surface area (Å²) in [5.41, 5.74) is 7.21. The lowest BCUT2D eigenvalue weighted by atomic mass is 10.4. The van der Waals surface area contributed by atoms with Crippen molar-refractivity contribution in [3.63, 3.8) is 0 Å². The predicted molar refractivity (Wildman–Crippen MR) is 49.6 cm³/mol. The fourth-order valence-corrected chi connectivity index (χ4v) is 1.30. The van der Waals surface area contributed by atoms with E-state index in [0.717, 1.165) is 17.2 Å². The molecular formula is C9H11N3O. The number of rotatable bonds is 2. The van der Waals surface area contributed by atoms with Gasteiger partial charge in [-0.2, -0.15) is 0 Å². The Morgan fingerprint density at radius 3 is 3.08 bits per heavy atom. The van der Waals surface area contributed by atoms with E-state index in [1.54, 1.807) is 7.11 Å². The molecule has 0 spiro atoms. The number of nitrogens with two attached hydrogens (primary N) is 1.